The van der Waals surface area contributed by atoms with Crippen LogP contribution >= 0.6 is 0 Å². The zero-order valence-corrected chi connectivity index (χ0v) is 24.8. The Hall–Kier alpha value is -4.32. The molecule has 0 saturated heterocycles. The highest BCUT2D eigenvalue weighted by Gasteiger charge is 2.30. The van der Waals surface area contributed by atoms with Gasteiger partial charge in [-0.3, -0.25) is 9.59 Å². The zero-order chi connectivity index (χ0) is 31.5. The smallest absolute Gasteiger partial charge is 0.389 e. The maximum absolute atomic E-state index is 12.9. The molecule has 2 amide bonds. The van der Waals surface area contributed by atoms with Crippen molar-refractivity contribution < 1.29 is 35.9 Å². The molecule has 0 aliphatic carbocycles. The molecular formula is C31H32F3N3O5S. The van der Waals surface area contributed by atoms with E-state index in [9.17, 15) is 31.2 Å². The lowest BCUT2D eigenvalue weighted by atomic mass is 9.91. The third-order valence-electron chi connectivity index (χ3n) is 7.21. The molecule has 3 N–H and O–H groups in total. The van der Waals surface area contributed by atoms with Gasteiger partial charge in [-0.2, -0.15) is 13.2 Å². The van der Waals surface area contributed by atoms with Crippen LogP contribution in [0.4, 0.5) is 13.2 Å². The fourth-order valence-corrected chi connectivity index (χ4v) is 6.17. The molecule has 1 heterocycles. The van der Waals surface area contributed by atoms with Crippen molar-refractivity contribution in [1.82, 2.24) is 15.0 Å². The third kappa shape index (κ3) is 7.37. The molecule has 0 saturated carbocycles. The highest BCUT2D eigenvalue weighted by Crippen LogP contribution is 2.36. The lowest BCUT2D eigenvalue weighted by Crippen LogP contribution is -2.31. The van der Waals surface area contributed by atoms with E-state index in [0.29, 0.717) is 22.4 Å². The van der Waals surface area contributed by atoms with E-state index in [-0.39, 0.29) is 22.9 Å². The van der Waals surface area contributed by atoms with Gasteiger partial charge in [0.2, 0.25) is 0 Å². The number of hydrogen-bond donors (Lipinski definition) is 3. The molecule has 0 bridgehead atoms. The largest absolute Gasteiger partial charge is 0.496 e. The number of hydrogen-bond acceptors (Lipinski definition) is 5. The highest BCUT2D eigenvalue weighted by molar-refractivity contribution is 7.90. The number of ether oxygens (including phenoxy) is 1. The van der Waals surface area contributed by atoms with Gasteiger partial charge >= 0.3 is 6.18 Å². The first-order chi connectivity index (χ1) is 20.2. The van der Waals surface area contributed by atoms with Crippen LogP contribution in [-0.2, 0) is 10.0 Å². The van der Waals surface area contributed by atoms with Crippen molar-refractivity contribution in [3.05, 3.63) is 94.7 Å². The number of methoxy groups -OCH3 is 1. The Balaban J connectivity index is 1.55. The Morgan fingerprint density at radius 2 is 1.63 bits per heavy atom. The molecular weight excluding hydrogens is 583 g/mol. The second kappa shape index (κ2) is 12.5. The zero-order valence-electron chi connectivity index (χ0n) is 24.0. The van der Waals surface area contributed by atoms with Gasteiger partial charge in [0, 0.05) is 52.7 Å². The van der Waals surface area contributed by atoms with Crippen LogP contribution in [0.25, 0.3) is 10.9 Å². The highest BCUT2D eigenvalue weighted by atomic mass is 32.2. The Morgan fingerprint density at radius 1 is 0.953 bits per heavy atom. The average Bonchev–Trinajstić information content (AvgIpc) is 3.37. The summed E-state index contributed by atoms with van der Waals surface area (Å²) in [5.41, 5.74) is 3.15. The van der Waals surface area contributed by atoms with E-state index in [2.05, 4.69) is 15.0 Å². The number of halogens is 3. The summed E-state index contributed by atoms with van der Waals surface area (Å²) in [6.45, 7) is 4.86. The number of fused-ring (bicyclic) bond motifs is 1. The van der Waals surface area contributed by atoms with Gasteiger partial charge in [0.25, 0.3) is 21.8 Å². The summed E-state index contributed by atoms with van der Waals surface area (Å²) < 4.78 is 71.2. The normalized spacial score (nSPS) is 13.4. The minimum atomic E-state index is -4.30. The topological polar surface area (TPSA) is 117 Å². The Morgan fingerprint density at radius 3 is 2.30 bits per heavy atom. The minimum absolute atomic E-state index is 0.00348. The standard InChI is InChI=1S/C31H32F3N3O5S/c1-18(15-31(32,33)34)16-36-29(38)21-10-12-26-24(13-21)25(17-35-26)20(3)23-11-9-22(14-27(23)42-4)30(39)37-43(40,41)28-8-6-5-7-19(28)2/h5-14,17-18,20,35H,15-16H2,1-4H3,(H,36,38)(H,37,39)/t18?,20-/m0/s1. The fraction of sp³-hybridized carbons (Fsp3) is 0.290. The maximum atomic E-state index is 12.9. The van der Waals surface area contributed by atoms with E-state index in [1.807, 2.05) is 6.92 Å². The summed E-state index contributed by atoms with van der Waals surface area (Å²) in [7, 11) is -2.66. The number of aromatic amines is 1. The summed E-state index contributed by atoms with van der Waals surface area (Å²) in [4.78, 5) is 28.8. The first-order valence-corrected chi connectivity index (χ1v) is 14.9. The van der Waals surface area contributed by atoms with Crippen LogP contribution in [0.5, 0.6) is 5.75 Å². The van der Waals surface area contributed by atoms with Gasteiger partial charge < -0.3 is 15.0 Å². The van der Waals surface area contributed by atoms with Crippen molar-refractivity contribution in [3.8, 4) is 5.75 Å². The summed E-state index contributed by atoms with van der Waals surface area (Å²) >= 11 is 0. The number of benzene rings is 3. The number of carbonyl (C=O) groups is 2. The number of alkyl halides is 3. The Bertz CT molecular complexity index is 1770. The van der Waals surface area contributed by atoms with Gasteiger partial charge in [0.15, 0.2) is 0 Å². The molecule has 0 aliphatic rings. The quantitative estimate of drug-likeness (QED) is 0.200. The van der Waals surface area contributed by atoms with Crippen LogP contribution in [0, 0.1) is 12.8 Å². The number of aromatic nitrogens is 1. The van der Waals surface area contributed by atoms with Crippen LogP contribution in [0.3, 0.4) is 0 Å². The number of sulfonamides is 1. The van der Waals surface area contributed by atoms with Gasteiger partial charge in [0.05, 0.1) is 12.0 Å². The molecule has 12 heteroatoms. The predicted octanol–water partition coefficient (Wildman–Crippen LogP) is 6.07. The lowest BCUT2D eigenvalue weighted by Gasteiger charge is -2.17. The number of rotatable bonds is 10. The maximum Gasteiger partial charge on any atom is 0.389 e. The van der Waals surface area contributed by atoms with Gasteiger partial charge in [-0.05, 0) is 60.4 Å². The Labute approximate surface area is 247 Å². The molecule has 0 fully saturated rings. The first kappa shape index (κ1) is 31.6. The van der Waals surface area contributed by atoms with Crippen LogP contribution in [0.2, 0.25) is 0 Å². The number of amides is 2. The summed E-state index contributed by atoms with van der Waals surface area (Å²) in [6, 6.07) is 16.0. The molecule has 8 nitrogen and oxygen atoms in total. The first-order valence-electron chi connectivity index (χ1n) is 13.5. The van der Waals surface area contributed by atoms with Crippen LogP contribution in [0.15, 0.2) is 71.8 Å². The number of aryl methyl sites for hydroxylation is 1. The molecule has 1 aromatic heterocycles. The minimum Gasteiger partial charge on any atom is -0.496 e. The van der Waals surface area contributed by atoms with Crippen LogP contribution in [-0.4, -0.2) is 45.0 Å². The van der Waals surface area contributed by atoms with Crippen molar-refractivity contribution >= 4 is 32.7 Å². The van der Waals surface area contributed by atoms with Gasteiger partial charge in [0.1, 0.15) is 5.75 Å². The number of H-pyrrole nitrogens is 1. The van der Waals surface area contributed by atoms with Gasteiger partial charge in [-0.15, -0.1) is 0 Å². The van der Waals surface area contributed by atoms with E-state index in [4.69, 9.17) is 4.74 Å². The molecule has 4 rings (SSSR count). The second-order valence-electron chi connectivity index (χ2n) is 10.5. The van der Waals surface area contributed by atoms with Crippen molar-refractivity contribution in [2.24, 2.45) is 5.92 Å². The van der Waals surface area contributed by atoms with E-state index in [1.54, 1.807) is 55.6 Å². The molecule has 0 radical (unpaired) electrons. The summed E-state index contributed by atoms with van der Waals surface area (Å²) in [6.07, 6.45) is -3.50. The predicted molar refractivity (Wildman–Crippen MR) is 157 cm³/mol. The molecule has 228 valence electrons. The molecule has 3 aromatic carbocycles. The fourth-order valence-electron chi connectivity index (χ4n) is 4.95. The van der Waals surface area contributed by atoms with Crippen LogP contribution in [0.1, 0.15) is 63.6 Å². The Kier molecular flexibility index (Phi) is 9.19. The molecule has 43 heavy (non-hydrogen) atoms. The number of nitrogens with one attached hydrogen (secondary N) is 3. The molecule has 4 aromatic rings. The van der Waals surface area contributed by atoms with Crippen molar-refractivity contribution in [3.63, 3.8) is 0 Å². The van der Waals surface area contributed by atoms with Gasteiger partial charge in [-0.1, -0.05) is 38.1 Å². The SMILES string of the molecule is COc1cc(C(=O)NS(=O)(=O)c2ccccc2C)ccc1[C@H](C)c1c[nH]c2ccc(C(=O)NCC(C)CC(F)(F)F)cc12. The molecule has 0 spiro atoms. The third-order valence-corrected chi connectivity index (χ3v) is 8.70. The molecule has 2 atom stereocenters. The van der Waals surface area contributed by atoms with E-state index < -0.39 is 40.4 Å². The van der Waals surface area contributed by atoms with Crippen molar-refractivity contribution in [2.75, 3.05) is 13.7 Å². The van der Waals surface area contributed by atoms with Crippen LogP contribution < -0.4 is 14.8 Å². The van der Waals surface area contributed by atoms with E-state index in [0.717, 1.165) is 16.5 Å². The average molecular weight is 616 g/mol. The lowest BCUT2D eigenvalue weighted by molar-refractivity contribution is -0.142. The number of carbonyl (C=O) groups excluding carboxylic acids is 2. The molecule has 0 aliphatic heterocycles. The van der Waals surface area contributed by atoms with Gasteiger partial charge in [-0.25, -0.2) is 13.1 Å². The summed E-state index contributed by atoms with van der Waals surface area (Å²) in [5, 5.41) is 3.31. The molecule has 1 unspecified atom stereocenters. The monoisotopic (exact) mass is 615 g/mol. The van der Waals surface area contributed by atoms with E-state index in [1.165, 1.54) is 32.2 Å². The van der Waals surface area contributed by atoms with Crippen molar-refractivity contribution in [2.45, 2.75) is 44.2 Å². The van der Waals surface area contributed by atoms with Crippen molar-refractivity contribution in [1.29, 1.82) is 0 Å². The summed E-state index contributed by atoms with van der Waals surface area (Å²) in [5.74, 6) is -2.00. The van der Waals surface area contributed by atoms with E-state index >= 15 is 0 Å². The second-order valence-corrected chi connectivity index (χ2v) is 12.2.